The highest BCUT2D eigenvalue weighted by molar-refractivity contribution is 6.10. The van der Waals surface area contributed by atoms with Crippen LogP contribution >= 0.6 is 0 Å². The summed E-state index contributed by atoms with van der Waals surface area (Å²) in [6, 6.07) is 39.3. The van der Waals surface area contributed by atoms with Gasteiger partial charge in [-0.25, -0.2) is 0 Å². The molecule has 0 amide bonds. The summed E-state index contributed by atoms with van der Waals surface area (Å²) < 4.78 is 0. The fourth-order valence-corrected chi connectivity index (χ4v) is 6.60. The number of rotatable bonds is 4. The highest BCUT2D eigenvalue weighted by atomic mass is 16.1. The van der Waals surface area contributed by atoms with Gasteiger partial charge in [0.1, 0.15) is 0 Å². The zero-order valence-corrected chi connectivity index (χ0v) is 21.6. The molecule has 0 fully saturated rings. The Morgan fingerprint density at radius 3 is 1.86 bits per heavy atom. The van der Waals surface area contributed by atoms with Gasteiger partial charge in [0.15, 0.2) is 5.78 Å². The lowest BCUT2D eigenvalue weighted by Gasteiger charge is -2.52. The van der Waals surface area contributed by atoms with Gasteiger partial charge in [0, 0.05) is 23.7 Å². The van der Waals surface area contributed by atoms with Crippen LogP contribution in [-0.4, -0.2) is 18.4 Å². The second kappa shape index (κ2) is 8.74. The van der Waals surface area contributed by atoms with Crippen molar-refractivity contribution >= 4 is 22.6 Å². The second-order valence-electron chi connectivity index (χ2n) is 10.6. The van der Waals surface area contributed by atoms with Crippen LogP contribution in [0.25, 0.3) is 11.1 Å². The first-order valence-electron chi connectivity index (χ1n) is 12.9. The predicted octanol–water partition coefficient (Wildman–Crippen LogP) is 7.83. The number of para-hydroxylation sites is 1. The van der Waals surface area contributed by atoms with Gasteiger partial charge >= 0.3 is 0 Å². The van der Waals surface area contributed by atoms with Gasteiger partial charge in [0.25, 0.3) is 0 Å². The molecule has 4 aromatic carbocycles. The van der Waals surface area contributed by atoms with Crippen LogP contribution in [0.3, 0.4) is 0 Å². The Morgan fingerprint density at radius 1 is 0.703 bits per heavy atom. The molecule has 6 rings (SSSR count). The maximum atomic E-state index is 14.7. The van der Waals surface area contributed by atoms with Crippen molar-refractivity contribution < 1.29 is 4.79 Å². The lowest BCUT2D eigenvalue weighted by molar-refractivity contribution is 0.0885. The fraction of sp³-hybridized carbons (Fsp3) is 0.171. The number of fused-ring (bicyclic) bond motifs is 1. The molecule has 2 aliphatic rings. The summed E-state index contributed by atoms with van der Waals surface area (Å²) >= 11 is 0. The third kappa shape index (κ3) is 3.43. The van der Waals surface area contributed by atoms with Crippen LogP contribution in [0, 0.1) is 5.92 Å². The third-order valence-corrected chi connectivity index (χ3v) is 8.47. The minimum absolute atomic E-state index is 0.145. The van der Waals surface area contributed by atoms with E-state index in [4.69, 9.17) is 0 Å². The van der Waals surface area contributed by atoms with Crippen molar-refractivity contribution in [1.29, 1.82) is 0 Å². The standard InChI is InChI=1S/C35H31NO/c1-34(2)30-21-13-14-22-31(30)36(3)35(34)24-28(25-15-7-4-8-16-25)23-29(26-17-9-5-10-18-26)32(35)33(37)27-19-11-6-12-20-27/h4-24,32H,1-3H3/t32-,35+/m0/s1. The normalized spacial score (nSPS) is 21.8. The van der Waals surface area contributed by atoms with Gasteiger partial charge in [-0.1, -0.05) is 123 Å². The van der Waals surface area contributed by atoms with Gasteiger partial charge in [-0.15, -0.1) is 0 Å². The molecule has 0 saturated carbocycles. The van der Waals surface area contributed by atoms with Crippen molar-refractivity contribution in [3.63, 3.8) is 0 Å². The molecular formula is C35H31NO. The Balaban J connectivity index is 1.69. The molecule has 1 spiro atoms. The maximum absolute atomic E-state index is 14.7. The Labute approximate surface area is 219 Å². The van der Waals surface area contributed by atoms with E-state index in [1.807, 2.05) is 42.5 Å². The van der Waals surface area contributed by atoms with Crippen LogP contribution in [-0.2, 0) is 5.41 Å². The molecule has 37 heavy (non-hydrogen) atoms. The summed E-state index contributed by atoms with van der Waals surface area (Å²) in [6.45, 7) is 4.60. The van der Waals surface area contributed by atoms with Crippen molar-refractivity contribution in [2.75, 3.05) is 11.9 Å². The minimum atomic E-state index is -0.616. The van der Waals surface area contributed by atoms with Gasteiger partial charge < -0.3 is 4.90 Å². The molecule has 0 unspecified atom stereocenters. The average molecular weight is 482 g/mol. The average Bonchev–Trinajstić information content (AvgIpc) is 3.12. The molecule has 0 aromatic heterocycles. The number of hydrogen-bond donors (Lipinski definition) is 0. The fourth-order valence-electron chi connectivity index (χ4n) is 6.60. The highest BCUT2D eigenvalue weighted by Crippen LogP contribution is 2.60. The van der Waals surface area contributed by atoms with Crippen molar-refractivity contribution in [3.8, 4) is 0 Å². The van der Waals surface area contributed by atoms with Crippen LogP contribution in [0.2, 0.25) is 0 Å². The molecule has 2 atom stereocenters. The number of Topliss-reactive ketones (excluding diaryl/α,β-unsaturated/α-hetero) is 1. The lowest BCUT2D eigenvalue weighted by Crippen LogP contribution is -2.61. The predicted molar refractivity (Wildman–Crippen MR) is 154 cm³/mol. The zero-order valence-electron chi connectivity index (χ0n) is 21.6. The van der Waals surface area contributed by atoms with E-state index in [1.165, 1.54) is 11.3 Å². The van der Waals surface area contributed by atoms with Gasteiger partial charge in [0.2, 0.25) is 0 Å². The van der Waals surface area contributed by atoms with E-state index in [0.717, 1.165) is 27.8 Å². The molecule has 1 aliphatic carbocycles. The molecule has 0 N–H and O–H groups in total. The van der Waals surface area contributed by atoms with E-state index in [9.17, 15) is 4.79 Å². The molecule has 182 valence electrons. The van der Waals surface area contributed by atoms with E-state index in [2.05, 4.69) is 111 Å². The SMILES string of the molecule is CN1c2ccccc2C(C)(C)[C@]12C=C(c1ccccc1)C=C(c1ccccc1)[C@H]2C(=O)c1ccccc1. The first-order valence-corrected chi connectivity index (χ1v) is 12.9. The number of ketones is 1. The monoisotopic (exact) mass is 481 g/mol. The minimum Gasteiger partial charge on any atom is -0.363 e. The molecule has 4 aromatic rings. The first kappa shape index (κ1) is 23.2. The van der Waals surface area contributed by atoms with E-state index in [-0.39, 0.29) is 11.2 Å². The molecule has 1 aliphatic heterocycles. The van der Waals surface area contributed by atoms with E-state index < -0.39 is 11.5 Å². The summed E-state index contributed by atoms with van der Waals surface area (Å²) in [7, 11) is 2.16. The Hall–Kier alpha value is -4.17. The van der Waals surface area contributed by atoms with Crippen molar-refractivity contribution in [1.82, 2.24) is 0 Å². The number of carbonyl (C=O) groups is 1. The number of carbonyl (C=O) groups excluding carboxylic acids is 1. The molecule has 0 radical (unpaired) electrons. The van der Waals surface area contributed by atoms with Crippen LogP contribution in [0.15, 0.2) is 127 Å². The lowest BCUT2D eigenvalue weighted by atomic mass is 9.57. The molecule has 1 heterocycles. The molecular weight excluding hydrogens is 450 g/mol. The first-order chi connectivity index (χ1) is 17.9. The topological polar surface area (TPSA) is 20.3 Å². The van der Waals surface area contributed by atoms with Gasteiger partial charge in [-0.05, 0) is 46.1 Å². The Morgan fingerprint density at radius 2 is 1.24 bits per heavy atom. The maximum Gasteiger partial charge on any atom is 0.173 e. The number of nitrogens with zero attached hydrogens (tertiary/aromatic N) is 1. The summed E-state index contributed by atoms with van der Waals surface area (Å²) in [5.41, 5.74) is 6.66. The van der Waals surface area contributed by atoms with E-state index in [1.54, 1.807) is 0 Å². The highest BCUT2D eigenvalue weighted by Gasteiger charge is 2.62. The van der Waals surface area contributed by atoms with E-state index in [0.29, 0.717) is 0 Å². The van der Waals surface area contributed by atoms with Crippen LogP contribution in [0.1, 0.15) is 40.9 Å². The van der Waals surface area contributed by atoms with Gasteiger partial charge in [-0.3, -0.25) is 4.79 Å². The summed E-state index contributed by atoms with van der Waals surface area (Å²) in [5, 5.41) is 0. The number of anilines is 1. The largest absolute Gasteiger partial charge is 0.363 e. The zero-order chi connectivity index (χ0) is 25.6. The number of likely N-dealkylation sites (N-methyl/N-ethyl adjacent to an activating group) is 1. The summed E-state index contributed by atoms with van der Waals surface area (Å²) in [5.74, 6) is -0.260. The number of benzene rings is 4. The van der Waals surface area contributed by atoms with Gasteiger partial charge in [0.05, 0.1) is 11.5 Å². The quantitative estimate of drug-likeness (QED) is 0.277. The Bertz CT molecular complexity index is 1520. The van der Waals surface area contributed by atoms with Crippen molar-refractivity contribution in [2.45, 2.75) is 24.8 Å². The number of allylic oxidation sites excluding steroid dienone is 2. The number of hydrogen-bond acceptors (Lipinski definition) is 2. The molecule has 2 nitrogen and oxygen atoms in total. The molecule has 2 heteroatoms. The van der Waals surface area contributed by atoms with Crippen LogP contribution < -0.4 is 4.90 Å². The van der Waals surface area contributed by atoms with Crippen molar-refractivity contribution in [3.05, 3.63) is 150 Å². The Kier molecular flexibility index (Phi) is 5.49. The third-order valence-electron chi connectivity index (χ3n) is 8.47. The second-order valence-corrected chi connectivity index (χ2v) is 10.6. The van der Waals surface area contributed by atoms with Gasteiger partial charge in [-0.2, -0.15) is 0 Å². The smallest absolute Gasteiger partial charge is 0.173 e. The van der Waals surface area contributed by atoms with E-state index >= 15 is 0 Å². The molecule has 0 saturated heterocycles. The van der Waals surface area contributed by atoms with Crippen LogP contribution in [0.4, 0.5) is 5.69 Å². The molecule has 0 bridgehead atoms. The summed E-state index contributed by atoms with van der Waals surface area (Å²) in [6.07, 6.45) is 4.62. The van der Waals surface area contributed by atoms with Crippen LogP contribution in [0.5, 0.6) is 0 Å². The van der Waals surface area contributed by atoms with Crippen molar-refractivity contribution in [2.24, 2.45) is 5.92 Å². The summed E-state index contributed by atoms with van der Waals surface area (Å²) in [4.78, 5) is 17.0.